The van der Waals surface area contributed by atoms with Crippen LogP contribution < -0.4 is 14.4 Å². The lowest BCUT2D eigenvalue weighted by atomic mass is 9.84. The highest BCUT2D eigenvalue weighted by Crippen LogP contribution is 2.46. The lowest BCUT2D eigenvalue weighted by Crippen LogP contribution is -2.23. The summed E-state index contributed by atoms with van der Waals surface area (Å²) in [7, 11) is 0.454. The van der Waals surface area contributed by atoms with E-state index in [1.165, 1.54) is 16.9 Å². The van der Waals surface area contributed by atoms with Gasteiger partial charge in [-0.3, -0.25) is 9.55 Å². The number of allylic oxidation sites excluding steroid dienone is 2. The molecule has 0 saturated heterocycles. The Morgan fingerprint density at radius 2 is 1.77 bits per heavy atom. The van der Waals surface area contributed by atoms with E-state index in [0.29, 0.717) is 5.75 Å². The van der Waals surface area contributed by atoms with Crippen molar-refractivity contribution in [1.29, 1.82) is 0 Å². The van der Waals surface area contributed by atoms with Crippen molar-refractivity contribution in [3.8, 4) is 11.5 Å². The normalized spacial score (nSPS) is 16.2. The molecule has 0 atom stereocenters. The van der Waals surface area contributed by atoms with Crippen LogP contribution in [-0.2, 0) is 15.8 Å². The van der Waals surface area contributed by atoms with Gasteiger partial charge in [-0.15, -0.1) is 0 Å². The van der Waals surface area contributed by atoms with Crippen molar-refractivity contribution in [1.82, 2.24) is 0 Å². The fourth-order valence-corrected chi connectivity index (χ4v) is 3.38. The summed E-state index contributed by atoms with van der Waals surface area (Å²) in [5.74, 6) is 1.44. The molecule has 0 saturated carbocycles. The second kappa shape index (κ2) is 9.29. The Kier molecular flexibility index (Phi) is 7.25. The van der Waals surface area contributed by atoms with Gasteiger partial charge in [0.05, 0.1) is 14.2 Å². The van der Waals surface area contributed by atoms with E-state index in [-0.39, 0.29) is 5.41 Å². The zero-order valence-corrected chi connectivity index (χ0v) is 18.3. The molecular weight excluding hydrogens is 408 g/mol. The number of fused-ring (bicyclic) bond motifs is 1. The molecule has 1 heterocycles. The number of benzene rings is 2. The number of anilines is 1. The first-order chi connectivity index (χ1) is 14.0. The number of likely N-dealkylation sites (N-methyl/N-ethyl adjacent to an activating group) is 1. The number of aliphatic imine (C=N–C) groups is 1. The zero-order chi connectivity index (χ0) is 22.5. The Morgan fingerprint density at radius 1 is 1.13 bits per heavy atom. The first-order valence-electron chi connectivity index (χ1n) is 8.97. The summed E-state index contributed by atoms with van der Waals surface area (Å²) in [4.78, 5) is 6.80. The largest absolute Gasteiger partial charge is 0.726 e. The van der Waals surface area contributed by atoms with Gasteiger partial charge in [-0.1, -0.05) is 32.0 Å². The minimum absolute atomic E-state index is 0.0542. The first-order valence-corrected chi connectivity index (χ1v) is 10.3. The van der Waals surface area contributed by atoms with E-state index in [4.69, 9.17) is 27.0 Å². The van der Waals surface area contributed by atoms with E-state index in [0.717, 1.165) is 11.4 Å². The second-order valence-corrected chi connectivity index (χ2v) is 7.85. The predicted molar refractivity (Wildman–Crippen MR) is 116 cm³/mol. The third-order valence-corrected chi connectivity index (χ3v) is 4.77. The van der Waals surface area contributed by atoms with Gasteiger partial charge in [-0.2, -0.15) is 0 Å². The average Bonchev–Trinajstić information content (AvgIpc) is 2.87. The molecule has 2 aromatic carbocycles. The molecule has 162 valence electrons. The van der Waals surface area contributed by atoms with Gasteiger partial charge < -0.3 is 18.9 Å². The summed E-state index contributed by atoms with van der Waals surface area (Å²) in [5, 5.41) is 0. The lowest BCUT2D eigenvalue weighted by molar-refractivity contribution is 0.366. The summed E-state index contributed by atoms with van der Waals surface area (Å²) in [6.07, 6.45) is 3.91. The van der Waals surface area contributed by atoms with Gasteiger partial charge >= 0.3 is 0 Å². The number of nitrogens with zero attached hydrogens (tertiary/aromatic N) is 2. The molecule has 1 N–H and O–H groups in total. The molecule has 0 unspecified atom stereocenters. The Bertz CT molecular complexity index is 1050. The first kappa shape index (κ1) is 23.4. The van der Waals surface area contributed by atoms with E-state index in [9.17, 15) is 0 Å². The molecule has 1 aliphatic heterocycles. The number of ether oxygens (including phenoxy) is 2. The molecule has 30 heavy (non-hydrogen) atoms. The van der Waals surface area contributed by atoms with Crippen LogP contribution in [0.15, 0.2) is 59.2 Å². The Labute approximate surface area is 177 Å². The monoisotopic (exact) mass is 433 g/mol. The zero-order valence-electron chi connectivity index (χ0n) is 17.5. The molecule has 0 bridgehead atoms. The highest BCUT2D eigenvalue weighted by molar-refractivity contribution is 7.79. The van der Waals surface area contributed by atoms with Crippen LogP contribution >= 0.6 is 0 Å². The average molecular weight is 434 g/mol. The molecule has 0 spiro atoms. The molecule has 2 aromatic rings. The van der Waals surface area contributed by atoms with E-state index in [1.54, 1.807) is 14.2 Å². The maximum Gasteiger partial charge on any atom is 0.215 e. The van der Waals surface area contributed by atoms with Crippen molar-refractivity contribution >= 4 is 28.0 Å². The van der Waals surface area contributed by atoms with Crippen LogP contribution in [0.2, 0.25) is 0 Å². The topological polar surface area (TPSA) is 111 Å². The molecule has 3 rings (SSSR count). The van der Waals surface area contributed by atoms with Gasteiger partial charge in [0.1, 0.15) is 17.2 Å². The highest BCUT2D eigenvalue weighted by atomic mass is 32.3. The Morgan fingerprint density at radius 3 is 2.33 bits per heavy atom. The fraction of sp³-hybridized carbons (Fsp3) is 0.286. The smallest absolute Gasteiger partial charge is 0.215 e. The molecule has 0 aromatic heterocycles. The van der Waals surface area contributed by atoms with Crippen LogP contribution in [-0.4, -0.2) is 45.0 Å². The summed E-state index contributed by atoms with van der Waals surface area (Å²) < 4.78 is 43.5. The Hall–Kier alpha value is -2.88. The van der Waals surface area contributed by atoms with Crippen molar-refractivity contribution < 1.29 is 27.0 Å². The molecule has 1 aliphatic rings. The van der Waals surface area contributed by atoms with E-state index >= 15 is 0 Å². The molecule has 0 radical (unpaired) electrons. The third kappa shape index (κ3) is 5.59. The maximum atomic E-state index is 8.63. The Balaban J connectivity index is 0.000000575. The van der Waals surface area contributed by atoms with E-state index in [2.05, 4.69) is 61.1 Å². The number of methoxy groups -OCH3 is 2. The van der Waals surface area contributed by atoms with Crippen molar-refractivity contribution in [3.63, 3.8) is 0 Å². The van der Waals surface area contributed by atoms with Gasteiger partial charge in [0.2, 0.25) is 10.4 Å². The minimum atomic E-state index is -4.92. The van der Waals surface area contributed by atoms with Crippen molar-refractivity contribution in [2.24, 2.45) is 4.99 Å². The predicted octanol–water partition coefficient (Wildman–Crippen LogP) is 3.72. The van der Waals surface area contributed by atoms with Crippen LogP contribution in [0.1, 0.15) is 19.4 Å². The second-order valence-electron chi connectivity index (χ2n) is 7.00. The molecular formula is C21H25N2O6S-. The van der Waals surface area contributed by atoms with E-state index in [1.807, 2.05) is 24.4 Å². The lowest BCUT2D eigenvalue weighted by Gasteiger charge is -2.23. The van der Waals surface area contributed by atoms with Crippen LogP contribution in [0.3, 0.4) is 0 Å². The number of hydrogen-bond acceptors (Lipinski definition) is 7. The highest BCUT2D eigenvalue weighted by Gasteiger charge is 2.37. The third-order valence-electron chi connectivity index (χ3n) is 4.77. The number of para-hydroxylation sites is 1. The van der Waals surface area contributed by atoms with Crippen LogP contribution in [0, 0.1) is 0 Å². The summed E-state index contributed by atoms with van der Waals surface area (Å²) >= 11 is 0. The van der Waals surface area contributed by atoms with Gasteiger partial charge in [0.25, 0.3) is 0 Å². The molecule has 0 aliphatic carbocycles. The molecule has 8 nitrogen and oxygen atoms in total. The van der Waals surface area contributed by atoms with Gasteiger partial charge in [0, 0.05) is 36.1 Å². The van der Waals surface area contributed by atoms with Crippen molar-refractivity contribution in [2.45, 2.75) is 19.3 Å². The summed E-state index contributed by atoms with van der Waals surface area (Å²) in [6.45, 7) is 4.48. The van der Waals surface area contributed by atoms with Gasteiger partial charge in [0.15, 0.2) is 0 Å². The molecule has 0 fully saturated rings. The van der Waals surface area contributed by atoms with Crippen LogP contribution in [0.5, 0.6) is 11.5 Å². The van der Waals surface area contributed by atoms with E-state index < -0.39 is 10.4 Å². The maximum absolute atomic E-state index is 8.63. The number of rotatable bonds is 4. The van der Waals surface area contributed by atoms with Crippen molar-refractivity contribution in [2.75, 3.05) is 26.2 Å². The summed E-state index contributed by atoms with van der Waals surface area (Å²) in [6, 6.07) is 14.1. The van der Waals surface area contributed by atoms with Crippen molar-refractivity contribution in [3.05, 3.63) is 59.8 Å². The summed E-state index contributed by atoms with van der Waals surface area (Å²) in [5.41, 5.74) is 4.51. The number of hydrogen-bond donors (Lipinski definition) is 1. The molecule has 9 heteroatoms. The SMILES string of the molecule is COc1ccc(N=CC=C2N(C)c3ccccc3C2(C)C)c(OC)c1.O=S(=O)([O-])O. The van der Waals surface area contributed by atoms with Crippen LogP contribution in [0.4, 0.5) is 11.4 Å². The minimum Gasteiger partial charge on any atom is -0.726 e. The van der Waals surface area contributed by atoms with Crippen LogP contribution in [0.25, 0.3) is 0 Å². The quantitative estimate of drug-likeness (QED) is 0.444. The fourth-order valence-electron chi connectivity index (χ4n) is 3.38. The van der Waals surface area contributed by atoms with Gasteiger partial charge in [-0.25, -0.2) is 8.42 Å². The van der Waals surface area contributed by atoms with Gasteiger partial charge in [-0.05, 0) is 29.8 Å². The molecule has 0 amide bonds. The standard InChI is InChI=1S/C21H24N2O2.H2O4S/c1-21(2)16-8-6-7-9-18(16)23(3)20(21)12-13-22-17-11-10-15(24-4)14-19(17)25-5;1-5(2,3)4/h6-14H,1-5H3;(H2,1,2,3,4)/p-1.